The van der Waals surface area contributed by atoms with Crippen molar-refractivity contribution in [2.75, 3.05) is 33.1 Å². The second-order valence-corrected chi connectivity index (χ2v) is 9.74. The number of pyridine rings is 1. The molecular formula is C22H26N4O5S. The molecule has 0 radical (unpaired) electrons. The first-order chi connectivity index (χ1) is 15.4. The van der Waals surface area contributed by atoms with E-state index in [0.717, 1.165) is 30.5 Å². The molecule has 0 amide bonds. The normalized spacial score (nSPS) is 17.0. The minimum absolute atomic E-state index is 0.0186. The topological polar surface area (TPSA) is 108 Å². The van der Waals surface area contributed by atoms with Gasteiger partial charge in [0.05, 0.1) is 17.5 Å². The average Bonchev–Trinajstić information content (AvgIpc) is 3.43. The lowest BCUT2D eigenvalue weighted by Gasteiger charge is -2.21. The smallest absolute Gasteiger partial charge is 0.244 e. The van der Waals surface area contributed by atoms with Gasteiger partial charge in [-0.05, 0) is 43.1 Å². The van der Waals surface area contributed by atoms with E-state index in [1.165, 1.54) is 6.26 Å². The molecule has 0 unspecified atom stereocenters. The molecule has 0 spiro atoms. The van der Waals surface area contributed by atoms with Gasteiger partial charge in [0.1, 0.15) is 6.61 Å². The summed E-state index contributed by atoms with van der Waals surface area (Å²) in [6, 6.07) is 10.6. The Morgan fingerprint density at radius 3 is 2.75 bits per heavy atom. The molecule has 170 valence electrons. The predicted octanol–water partition coefficient (Wildman–Crippen LogP) is 2.90. The number of methoxy groups -OCH3 is 1. The summed E-state index contributed by atoms with van der Waals surface area (Å²) in [6.45, 7) is 2.47. The lowest BCUT2D eigenvalue weighted by Crippen LogP contribution is -2.23. The Labute approximate surface area is 187 Å². The van der Waals surface area contributed by atoms with Crippen molar-refractivity contribution in [1.29, 1.82) is 0 Å². The highest BCUT2D eigenvalue weighted by Gasteiger charge is 2.31. The average molecular weight is 459 g/mol. The van der Waals surface area contributed by atoms with Gasteiger partial charge in [0.15, 0.2) is 9.84 Å². The van der Waals surface area contributed by atoms with Crippen molar-refractivity contribution in [3.05, 3.63) is 54.0 Å². The van der Waals surface area contributed by atoms with Crippen LogP contribution in [0.5, 0.6) is 5.88 Å². The minimum Gasteiger partial charge on any atom is -0.475 e. The van der Waals surface area contributed by atoms with Crippen LogP contribution in [0.15, 0.2) is 52.0 Å². The first-order valence-corrected chi connectivity index (χ1v) is 12.3. The zero-order valence-electron chi connectivity index (χ0n) is 18.1. The summed E-state index contributed by atoms with van der Waals surface area (Å²) in [4.78, 5) is 11.4. The number of hydrogen-bond donors (Lipinski definition) is 0. The van der Waals surface area contributed by atoms with Crippen LogP contribution in [-0.2, 0) is 21.1 Å². The fourth-order valence-electron chi connectivity index (χ4n) is 3.72. The Morgan fingerprint density at radius 1 is 1.19 bits per heavy atom. The highest BCUT2D eigenvalue weighted by Crippen LogP contribution is 2.33. The van der Waals surface area contributed by atoms with Gasteiger partial charge in [-0.15, -0.1) is 0 Å². The maximum Gasteiger partial charge on any atom is 0.244 e. The van der Waals surface area contributed by atoms with Gasteiger partial charge in [-0.25, -0.2) is 13.4 Å². The molecule has 32 heavy (non-hydrogen) atoms. The van der Waals surface area contributed by atoms with Gasteiger partial charge in [-0.1, -0.05) is 17.3 Å². The first kappa shape index (κ1) is 22.4. The summed E-state index contributed by atoms with van der Waals surface area (Å²) in [5, 5.41) is 4.16. The highest BCUT2D eigenvalue weighted by molar-refractivity contribution is 7.90. The number of benzene rings is 1. The molecule has 1 saturated heterocycles. The zero-order chi connectivity index (χ0) is 22.6. The first-order valence-electron chi connectivity index (χ1n) is 10.4. The molecule has 1 atom stereocenters. The SMILES string of the molecule is COCCOc1cc(-c2noc([C@H]3CCCN3Cc3ccc(S(C)(=O)=O)cc3)n2)ccn1. The molecule has 1 aliphatic rings. The van der Waals surface area contributed by atoms with Crippen LogP contribution >= 0.6 is 0 Å². The maximum absolute atomic E-state index is 11.7. The van der Waals surface area contributed by atoms with Gasteiger partial charge >= 0.3 is 0 Å². The number of rotatable bonds is 9. The van der Waals surface area contributed by atoms with Crippen LogP contribution in [0.1, 0.15) is 30.3 Å². The van der Waals surface area contributed by atoms with Crippen molar-refractivity contribution in [3.8, 4) is 17.3 Å². The largest absolute Gasteiger partial charge is 0.475 e. The zero-order valence-corrected chi connectivity index (χ0v) is 18.9. The summed E-state index contributed by atoms with van der Waals surface area (Å²) in [5.41, 5.74) is 1.80. The van der Waals surface area contributed by atoms with E-state index < -0.39 is 9.84 Å². The second kappa shape index (κ2) is 9.76. The Kier molecular flexibility index (Phi) is 6.83. The maximum atomic E-state index is 11.7. The molecule has 0 bridgehead atoms. The van der Waals surface area contributed by atoms with Crippen molar-refractivity contribution in [3.63, 3.8) is 0 Å². The van der Waals surface area contributed by atoms with E-state index >= 15 is 0 Å². The van der Waals surface area contributed by atoms with E-state index in [0.29, 0.717) is 42.2 Å². The predicted molar refractivity (Wildman–Crippen MR) is 117 cm³/mol. The highest BCUT2D eigenvalue weighted by atomic mass is 32.2. The van der Waals surface area contributed by atoms with E-state index in [1.54, 1.807) is 31.5 Å². The van der Waals surface area contributed by atoms with Crippen molar-refractivity contribution in [2.24, 2.45) is 0 Å². The molecular weight excluding hydrogens is 432 g/mol. The van der Waals surface area contributed by atoms with Gasteiger partial charge in [0.25, 0.3) is 0 Å². The standard InChI is InChI=1S/C22H26N4O5S/c1-29-12-13-30-20-14-17(9-10-23-20)21-24-22(31-25-21)19-4-3-11-26(19)15-16-5-7-18(8-6-16)32(2,27)28/h5-10,14,19H,3-4,11-13,15H2,1-2H3/t19-/m1/s1. The molecule has 1 fully saturated rings. The summed E-state index contributed by atoms with van der Waals surface area (Å²) >= 11 is 0. The number of likely N-dealkylation sites (tertiary alicyclic amines) is 1. The number of ether oxygens (including phenoxy) is 2. The third kappa shape index (κ3) is 5.32. The molecule has 0 aliphatic carbocycles. The Hall–Kier alpha value is -2.82. The number of hydrogen-bond acceptors (Lipinski definition) is 9. The van der Waals surface area contributed by atoms with Crippen LogP contribution in [-0.4, -0.2) is 61.6 Å². The summed E-state index contributed by atoms with van der Waals surface area (Å²) < 4.78 is 39.5. The van der Waals surface area contributed by atoms with E-state index in [1.807, 2.05) is 18.2 Å². The summed E-state index contributed by atoms with van der Waals surface area (Å²) in [5.74, 6) is 1.54. The van der Waals surface area contributed by atoms with E-state index in [4.69, 9.17) is 14.0 Å². The van der Waals surface area contributed by atoms with Crippen LogP contribution in [0, 0.1) is 0 Å². The van der Waals surface area contributed by atoms with Crippen molar-refractivity contribution in [2.45, 2.75) is 30.3 Å². The van der Waals surface area contributed by atoms with Gasteiger partial charge in [0.2, 0.25) is 17.6 Å². The number of nitrogens with zero attached hydrogens (tertiary/aromatic N) is 4. The van der Waals surface area contributed by atoms with Crippen LogP contribution in [0.3, 0.4) is 0 Å². The van der Waals surface area contributed by atoms with Crippen molar-refractivity contribution in [1.82, 2.24) is 20.0 Å². The monoisotopic (exact) mass is 458 g/mol. The molecule has 10 heteroatoms. The quantitative estimate of drug-likeness (QED) is 0.447. The van der Waals surface area contributed by atoms with Gasteiger partial charge < -0.3 is 14.0 Å². The Bertz CT molecular complexity index is 1150. The van der Waals surface area contributed by atoms with E-state index in [-0.39, 0.29) is 6.04 Å². The lowest BCUT2D eigenvalue weighted by molar-refractivity contribution is 0.144. The number of aromatic nitrogens is 3. The third-order valence-corrected chi connectivity index (χ3v) is 6.49. The third-order valence-electron chi connectivity index (χ3n) is 5.36. The molecule has 0 N–H and O–H groups in total. The van der Waals surface area contributed by atoms with Crippen LogP contribution < -0.4 is 4.74 Å². The Morgan fingerprint density at radius 2 is 2.00 bits per heavy atom. The van der Waals surface area contributed by atoms with E-state index in [9.17, 15) is 8.42 Å². The Balaban J connectivity index is 1.46. The molecule has 2 aromatic heterocycles. The van der Waals surface area contributed by atoms with Gasteiger partial charge in [-0.2, -0.15) is 4.98 Å². The van der Waals surface area contributed by atoms with Crippen molar-refractivity contribution >= 4 is 9.84 Å². The molecule has 4 rings (SSSR count). The molecule has 9 nitrogen and oxygen atoms in total. The minimum atomic E-state index is -3.20. The molecule has 3 aromatic rings. The molecule has 3 heterocycles. The summed E-state index contributed by atoms with van der Waals surface area (Å²) in [7, 11) is -1.58. The number of sulfone groups is 1. The van der Waals surface area contributed by atoms with Gasteiger partial charge in [0, 0.05) is 37.7 Å². The van der Waals surface area contributed by atoms with Crippen LogP contribution in [0.2, 0.25) is 0 Å². The second-order valence-electron chi connectivity index (χ2n) is 7.72. The fourth-order valence-corrected chi connectivity index (χ4v) is 4.35. The van der Waals surface area contributed by atoms with Crippen LogP contribution in [0.25, 0.3) is 11.4 Å². The van der Waals surface area contributed by atoms with E-state index in [2.05, 4.69) is 20.0 Å². The van der Waals surface area contributed by atoms with Crippen LogP contribution in [0.4, 0.5) is 0 Å². The molecule has 0 saturated carbocycles. The molecule has 1 aromatic carbocycles. The molecule has 1 aliphatic heterocycles. The van der Waals surface area contributed by atoms with Crippen molar-refractivity contribution < 1.29 is 22.4 Å². The lowest BCUT2D eigenvalue weighted by atomic mass is 10.2. The summed E-state index contributed by atoms with van der Waals surface area (Å²) in [6.07, 6.45) is 4.81. The van der Waals surface area contributed by atoms with Gasteiger partial charge in [-0.3, -0.25) is 4.90 Å². The fraction of sp³-hybridized carbons (Fsp3) is 0.409.